The Labute approximate surface area is 171 Å². The molecule has 0 bridgehead atoms. The first-order chi connectivity index (χ1) is 12.9. The van der Waals surface area contributed by atoms with Crippen molar-refractivity contribution in [2.45, 2.75) is 37.1 Å². The highest BCUT2D eigenvalue weighted by molar-refractivity contribution is 8.20. The van der Waals surface area contributed by atoms with Crippen LogP contribution < -0.4 is 0 Å². The lowest BCUT2D eigenvalue weighted by Crippen LogP contribution is -2.43. The predicted molar refractivity (Wildman–Crippen MR) is 111 cm³/mol. The first kappa shape index (κ1) is 24.7. The third-order valence-electron chi connectivity index (χ3n) is 3.88. The molecule has 2 atom stereocenters. The van der Waals surface area contributed by atoms with Crippen molar-refractivity contribution in [1.29, 1.82) is 0 Å². The number of ether oxygens (including phenoxy) is 4. The molecule has 27 heavy (non-hydrogen) atoms. The number of carbonyl (C=O) groups is 1. The molecular formula is C19H32O6S2. The fourth-order valence-electron chi connectivity index (χ4n) is 2.59. The van der Waals surface area contributed by atoms with Crippen molar-refractivity contribution in [3.63, 3.8) is 0 Å². The van der Waals surface area contributed by atoms with Crippen molar-refractivity contribution in [2.24, 2.45) is 5.41 Å². The summed E-state index contributed by atoms with van der Waals surface area (Å²) in [5.74, 6) is 1.97. The van der Waals surface area contributed by atoms with Crippen LogP contribution in [0.2, 0.25) is 0 Å². The van der Waals surface area contributed by atoms with Gasteiger partial charge in [-0.2, -0.15) is 0 Å². The summed E-state index contributed by atoms with van der Waals surface area (Å²) in [7, 11) is 3.00. The molecule has 8 heteroatoms. The molecule has 0 aromatic carbocycles. The second kappa shape index (κ2) is 13.8. The Morgan fingerprint density at radius 3 is 2.37 bits per heavy atom. The maximum absolute atomic E-state index is 12.1. The third-order valence-corrected chi connectivity index (χ3v) is 6.80. The summed E-state index contributed by atoms with van der Waals surface area (Å²) in [6.07, 6.45) is 7.44. The van der Waals surface area contributed by atoms with Gasteiger partial charge in [0.25, 0.3) is 0 Å². The summed E-state index contributed by atoms with van der Waals surface area (Å²) in [6, 6.07) is 0. The van der Waals surface area contributed by atoms with Gasteiger partial charge in [0.1, 0.15) is 26.3 Å². The number of carbonyl (C=O) groups excluding carboxylic acids is 1. The number of rotatable bonds is 14. The minimum Gasteiger partial charge on any atom is -0.388 e. The van der Waals surface area contributed by atoms with Crippen molar-refractivity contribution in [3.8, 4) is 0 Å². The van der Waals surface area contributed by atoms with Crippen LogP contribution in [0.3, 0.4) is 0 Å². The molecule has 1 heterocycles. The van der Waals surface area contributed by atoms with E-state index >= 15 is 0 Å². The van der Waals surface area contributed by atoms with Crippen LogP contribution in [0.4, 0.5) is 0 Å². The zero-order chi connectivity index (χ0) is 20.1. The lowest BCUT2D eigenvalue weighted by atomic mass is 9.84. The molecule has 0 spiro atoms. The highest BCUT2D eigenvalue weighted by atomic mass is 32.2. The van der Waals surface area contributed by atoms with E-state index in [9.17, 15) is 9.90 Å². The van der Waals surface area contributed by atoms with Gasteiger partial charge in [-0.05, 0) is 11.8 Å². The van der Waals surface area contributed by atoms with Gasteiger partial charge < -0.3 is 24.1 Å². The molecule has 1 aliphatic rings. The zero-order valence-corrected chi connectivity index (χ0v) is 18.2. The Morgan fingerprint density at radius 2 is 1.78 bits per heavy atom. The van der Waals surface area contributed by atoms with Crippen LogP contribution in [0.1, 0.15) is 20.3 Å². The van der Waals surface area contributed by atoms with Crippen LogP contribution in [0, 0.1) is 5.41 Å². The standard InChI is InChI=1S/C19H32O6S2/c1-19(2,8-6-5-7-17-26-9-10-27-17)11-16(24-13-22-3)18(15(21)12-20)25-14-23-4/h5-8,16-18,20H,9-14H2,1-4H3/b7-5+,8-6+/t16-,18+/m0/s1. The van der Waals surface area contributed by atoms with E-state index in [2.05, 4.69) is 32.1 Å². The van der Waals surface area contributed by atoms with Crippen LogP contribution >= 0.6 is 23.5 Å². The Hall–Kier alpha value is -0.350. The number of methoxy groups -OCH3 is 2. The maximum Gasteiger partial charge on any atom is 0.189 e. The molecule has 1 N–H and O–H groups in total. The highest BCUT2D eigenvalue weighted by Crippen LogP contribution is 2.33. The average Bonchev–Trinajstić information content (AvgIpc) is 3.16. The van der Waals surface area contributed by atoms with Crippen molar-refractivity contribution in [2.75, 3.05) is 45.9 Å². The number of ketones is 1. The molecule has 0 saturated carbocycles. The monoisotopic (exact) mass is 420 g/mol. The Bertz CT molecular complexity index is 475. The van der Waals surface area contributed by atoms with Crippen molar-refractivity contribution < 1.29 is 28.8 Å². The van der Waals surface area contributed by atoms with Crippen LogP contribution in [-0.2, 0) is 23.7 Å². The number of hydrogen-bond donors (Lipinski definition) is 1. The molecule has 0 aliphatic carbocycles. The number of thioether (sulfide) groups is 2. The SMILES string of the molecule is COCO[C@@H](CC(C)(C)/C=C/C=C/C1SCCS1)[C@H](OCOC)C(=O)CO. The van der Waals surface area contributed by atoms with Gasteiger partial charge in [-0.15, -0.1) is 23.5 Å². The van der Waals surface area contributed by atoms with Crippen molar-refractivity contribution >= 4 is 29.3 Å². The van der Waals surface area contributed by atoms with Crippen LogP contribution in [-0.4, -0.2) is 73.6 Å². The van der Waals surface area contributed by atoms with Crippen LogP contribution in [0.25, 0.3) is 0 Å². The Balaban J connectivity index is 2.75. The molecular weight excluding hydrogens is 388 g/mol. The van der Waals surface area contributed by atoms with Gasteiger partial charge in [-0.1, -0.05) is 38.2 Å². The maximum atomic E-state index is 12.1. The summed E-state index contributed by atoms with van der Waals surface area (Å²) < 4.78 is 21.6. The largest absolute Gasteiger partial charge is 0.388 e. The lowest BCUT2D eigenvalue weighted by Gasteiger charge is -2.31. The summed E-state index contributed by atoms with van der Waals surface area (Å²) in [4.78, 5) is 12.1. The molecule has 0 radical (unpaired) electrons. The fraction of sp³-hybridized carbons (Fsp3) is 0.737. The van der Waals surface area contributed by atoms with Gasteiger partial charge in [0, 0.05) is 25.7 Å². The summed E-state index contributed by atoms with van der Waals surface area (Å²) in [5.41, 5.74) is -0.247. The number of allylic oxidation sites excluding steroid dienone is 3. The van der Waals surface area contributed by atoms with Gasteiger partial charge in [-0.3, -0.25) is 4.79 Å². The van der Waals surface area contributed by atoms with Crippen molar-refractivity contribution in [3.05, 3.63) is 24.3 Å². The van der Waals surface area contributed by atoms with Gasteiger partial charge in [0.2, 0.25) is 0 Å². The third kappa shape index (κ3) is 10.1. The Kier molecular flexibility index (Phi) is 12.6. The quantitative estimate of drug-likeness (QED) is 0.340. The zero-order valence-electron chi connectivity index (χ0n) is 16.6. The van der Waals surface area contributed by atoms with E-state index in [1.54, 1.807) is 0 Å². The minimum absolute atomic E-state index is 0.0338. The number of aliphatic hydroxyl groups is 1. The fourth-order valence-corrected chi connectivity index (χ4v) is 5.19. The van der Waals surface area contributed by atoms with E-state index in [0.29, 0.717) is 11.0 Å². The first-order valence-corrected chi connectivity index (χ1v) is 11.0. The van der Waals surface area contributed by atoms with E-state index in [-0.39, 0.29) is 19.0 Å². The van der Waals surface area contributed by atoms with Crippen molar-refractivity contribution in [1.82, 2.24) is 0 Å². The van der Waals surface area contributed by atoms with Gasteiger partial charge in [0.15, 0.2) is 5.78 Å². The van der Waals surface area contributed by atoms with Crippen LogP contribution in [0.15, 0.2) is 24.3 Å². The molecule has 1 rings (SSSR count). The number of Topliss-reactive ketones (excluding diaryl/α,β-unsaturated/α-hetero) is 1. The van der Waals surface area contributed by atoms with E-state index < -0.39 is 24.6 Å². The lowest BCUT2D eigenvalue weighted by molar-refractivity contribution is -0.176. The normalized spacial score (nSPS) is 18.6. The Morgan fingerprint density at radius 1 is 1.15 bits per heavy atom. The smallest absolute Gasteiger partial charge is 0.189 e. The summed E-state index contributed by atoms with van der Waals surface area (Å²) in [6.45, 7) is 3.49. The molecule has 0 aromatic rings. The molecule has 1 saturated heterocycles. The second-order valence-corrected chi connectivity index (χ2v) is 9.57. The number of hydrogen-bond acceptors (Lipinski definition) is 8. The van der Waals surface area contributed by atoms with Gasteiger partial charge in [-0.25, -0.2) is 0 Å². The summed E-state index contributed by atoms with van der Waals surface area (Å²) >= 11 is 3.91. The molecule has 0 aromatic heterocycles. The van der Waals surface area contributed by atoms with E-state index in [4.69, 9.17) is 18.9 Å². The predicted octanol–water partition coefficient (Wildman–Crippen LogP) is 2.86. The molecule has 1 aliphatic heterocycles. The molecule has 156 valence electrons. The van der Waals surface area contributed by atoms with E-state index in [0.717, 1.165) is 0 Å². The average molecular weight is 421 g/mol. The van der Waals surface area contributed by atoms with Crippen LogP contribution in [0.5, 0.6) is 0 Å². The van der Waals surface area contributed by atoms with Gasteiger partial charge in [0.05, 0.1) is 10.7 Å². The number of aliphatic hydroxyl groups excluding tert-OH is 1. The first-order valence-electron chi connectivity index (χ1n) is 8.87. The minimum atomic E-state index is -0.917. The van der Waals surface area contributed by atoms with E-state index in [1.807, 2.05) is 29.6 Å². The second-order valence-electron chi connectivity index (χ2n) is 6.78. The molecule has 0 unspecified atom stereocenters. The molecule has 6 nitrogen and oxygen atoms in total. The topological polar surface area (TPSA) is 74.2 Å². The highest BCUT2D eigenvalue weighted by Gasteiger charge is 2.33. The summed E-state index contributed by atoms with van der Waals surface area (Å²) in [5, 5.41) is 9.27. The van der Waals surface area contributed by atoms with E-state index in [1.165, 1.54) is 25.7 Å². The molecule has 0 amide bonds. The molecule has 1 fully saturated rings. The van der Waals surface area contributed by atoms with Gasteiger partial charge >= 0.3 is 0 Å².